The molecule has 0 aliphatic carbocycles. The van der Waals surface area contributed by atoms with Crippen molar-refractivity contribution >= 4 is 0 Å². The molecule has 3 aromatic rings. The van der Waals surface area contributed by atoms with E-state index in [1.165, 1.54) is 0 Å². The summed E-state index contributed by atoms with van der Waals surface area (Å²) in [6, 6.07) is 9.76. The maximum absolute atomic E-state index is 10.4. The summed E-state index contributed by atoms with van der Waals surface area (Å²) in [4.78, 5) is 0. The van der Waals surface area contributed by atoms with Crippen LogP contribution in [0.1, 0.15) is 17.4 Å². The molecule has 2 N–H and O–H groups in total. The fraction of sp³-hybridized carbons (Fsp3) is 0.154. The van der Waals surface area contributed by atoms with Crippen LogP contribution in [-0.2, 0) is 7.05 Å². The second kappa shape index (κ2) is 4.66. The number of H-pyrrole nitrogens is 1. The number of nitrogens with one attached hydrogen (secondary N) is 1. The van der Waals surface area contributed by atoms with Gasteiger partial charge in [0.2, 0.25) is 0 Å². The normalized spacial score (nSPS) is 12.5. The van der Waals surface area contributed by atoms with E-state index in [0.29, 0.717) is 11.3 Å². The zero-order valence-electron chi connectivity index (χ0n) is 10.4. The molecule has 2 heterocycles. The molecule has 0 radical (unpaired) electrons. The second-order valence-electron chi connectivity index (χ2n) is 4.25. The van der Waals surface area contributed by atoms with E-state index >= 15 is 0 Å². The molecule has 96 valence electrons. The Balaban J connectivity index is 2.04. The van der Waals surface area contributed by atoms with E-state index in [9.17, 15) is 5.11 Å². The Hall–Kier alpha value is -2.47. The van der Waals surface area contributed by atoms with E-state index in [0.717, 1.165) is 11.3 Å². The number of hydrogen-bond acceptors (Lipinski definition) is 4. The molecular weight excluding hydrogens is 242 g/mol. The van der Waals surface area contributed by atoms with Gasteiger partial charge in [0.15, 0.2) is 0 Å². The molecule has 19 heavy (non-hydrogen) atoms. The molecule has 1 aromatic carbocycles. The van der Waals surface area contributed by atoms with Crippen molar-refractivity contribution in [3.05, 3.63) is 54.0 Å². The van der Waals surface area contributed by atoms with Crippen LogP contribution in [0.3, 0.4) is 0 Å². The molecule has 0 saturated heterocycles. The zero-order valence-corrected chi connectivity index (χ0v) is 10.4. The predicted molar refractivity (Wildman–Crippen MR) is 69.1 cm³/mol. The van der Waals surface area contributed by atoms with Crippen molar-refractivity contribution in [2.75, 3.05) is 0 Å². The van der Waals surface area contributed by atoms with Gasteiger partial charge in [0.1, 0.15) is 6.10 Å². The SMILES string of the molecule is Cn1nncc1C(O)c1cn[nH]c1-c1ccccc1. The lowest BCUT2D eigenvalue weighted by Gasteiger charge is -2.10. The van der Waals surface area contributed by atoms with E-state index in [-0.39, 0.29) is 0 Å². The predicted octanol–water partition coefficient (Wildman–Crippen LogP) is 1.29. The molecule has 1 unspecified atom stereocenters. The van der Waals surface area contributed by atoms with E-state index in [1.54, 1.807) is 24.1 Å². The van der Waals surface area contributed by atoms with Gasteiger partial charge in [0, 0.05) is 12.6 Å². The maximum atomic E-state index is 10.4. The van der Waals surface area contributed by atoms with Crippen LogP contribution >= 0.6 is 0 Å². The third-order valence-electron chi connectivity index (χ3n) is 3.06. The van der Waals surface area contributed by atoms with Crippen LogP contribution in [0.4, 0.5) is 0 Å². The van der Waals surface area contributed by atoms with Gasteiger partial charge in [-0.05, 0) is 5.56 Å². The largest absolute Gasteiger partial charge is 0.382 e. The molecule has 0 bridgehead atoms. The Bertz CT molecular complexity index is 673. The topological polar surface area (TPSA) is 79.6 Å². The number of aliphatic hydroxyl groups is 1. The van der Waals surface area contributed by atoms with Gasteiger partial charge < -0.3 is 5.11 Å². The Kier molecular flexibility index (Phi) is 2.85. The highest BCUT2D eigenvalue weighted by molar-refractivity contribution is 5.63. The first-order valence-corrected chi connectivity index (χ1v) is 5.88. The molecule has 3 rings (SSSR count). The van der Waals surface area contributed by atoms with Gasteiger partial charge in [-0.15, -0.1) is 5.10 Å². The summed E-state index contributed by atoms with van der Waals surface area (Å²) < 4.78 is 1.55. The zero-order chi connectivity index (χ0) is 13.2. The van der Waals surface area contributed by atoms with Crippen LogP contribution in [0.2, 0.25) is 0 Å². The van der Waals surface area contributed by atoms with E-state index < -0.39 is 6.10 Å². The number of aromatic amines is 1. The van der Waals surface area contributed by atoms with E-state index in [1.807, 2.05) is 30.3 Å². The minimum Gasteiger partial charge on any atom is -0.382 e. The van der Waals surface area contributed by atoms with Crippen LogP contribution < -0.4 is 0 Å². The van der Waals surface area contributed by atoms with Gasteiger partial charge in [0.05, 0.1) is 23.8 Å². The van der Waals surface area contributed by atoms with Gasteiger partial charge >= 0.3 is 0 Å². The van der Waals surface area contributed by atoms with Crippen LogP contribution in [0, 0.1) is 0 Å². The lowest BCUT2D eigenvalue weighted by molar-refractivity contribution is 0.210. The molecule has 0 spiro atoms. The molecule has 1 atom stereocenters. The average molecular weight is 255 g/mol. The summed E-state index contributed by atoms with van der Waals surface area (Å²) in [6.07, 6.45) is 2.36. The molecule has 0 fully saturated rings. The monoisotopic (exact) mass is 255 g/mol. The first-order valence-electron chi connectivity index (χ1n) is 5.88. The van der Waals surface area contributed by atoms with Crippen molar-refractivity contribution in [1.29, 1.82) is 0 Å². The number of nitrogens with zero attached hydrogens (tertiary/aromatic N) is 4. The lowest BCUT2D eigenvalue weighted by Crippen LogP contribution is -2.06. The quantitative estimate of drug-likeness (QED) is 0.739. The van der Waals surface area contributed by atoms with Crippen molar-refractivity contribution in [3.63, 3.8) is 0 Å². The fourth-order valence-electron chi connectivity index (χ4n) is 2.04. The summed E-state index contributed by atoms with van der Waals surface area (Å²) in [6.45, 7) is 0. The molecule has 0 aliphatic rings. The highest BCUT2D eigenvalue weighted by Gasteiger charge is 2.20. The van der Waals surface area contributed by atoms with Gasteiger partial charge in [-0.1, -0.05) is 35.5 Å². The maximum Gasteiger partial charge on any atom is 0.126 e. The first kappa shape index (κ1) is 11.6. The number of benzene rings is 1. The number of hydrogen-bond donors (Lipinski definition) is 2. The molecular formula is C13H13N5O. The molecule has 6 nitrogen and oxygen atoms in total. The van der Waals surface area contributed by atoms with Gasteiger partial charge in [-0.2, -0.15) is 5.10 Å². The number of rotatable bonds is 3. The minimum atomic E-state index is -0.811. The summed E-state index contributed by atoms with van der Waals surface area (Å²) in [7, 11) is 1.74. The summed E-state index contributed by atoms with van der Waals surface area (Å²) in [5, 5.41) is 25.0. The Labute approximate surface area is 109 Å². The molecule has 0 aliphatic heterocycles. The van der Waals surface area contributed by atoms with Crippen molar-refractivity contribution in [2.45, 2.75) is 6.10 Å². The Morgan fingerprint density at radius 3 is 2.68 bits per heavy atom. The van der Waals surface area contributed by atoms with Crippen LogP contribution in [0.25, 0.3) is 11.3 Å². The highest BCUT2D eigenvalue weighted by Crippen LogP contribution is 2.29. The van der Waals surface area contributed by atoms with Crippen molar-refractivity contribution in [1.82, 2.24) is 25.2 Å². The van der Waals surface area contributed by atoms with Gasteiger partial charge in [-0.25, -0.2) is 4.68 Å². The van der Waals surface area contributed by atoms with Crippen LogP contribution in [-0.4, -0.2) is 30.3 Å². The lowest BCUT2D eigenvalue weighted by atomic mass is 10.0. The molecule has 0 amide bonds. The number of aliphatic hydroxyl groups excluding tert-OH is 1. The third-order valence-corrected chi connectivity index (χ3v) is 3.06. The van der Waals surface area contributed by atoms with Crippen LogP contribution in [0.5, 0.6) is 0 Å². The van der Waals surface area contributed by atoms with Crippen molar-refractivity contribution in [3.8, 4) is 11.3 Å². The molecule has 2 aromatic heterocycles. The summed E-state index contributed by atoms with van der Waals surface area (Å²) in [5.74, 6) is 0. The molecule has 0 saturated carbocycles. The van der Waals surface area contributed by atoms with Crippen molar-refractivity contribution in [2.24, 2.45) is 7.05 Å². The fourth-order valence-corrected chi connectivity index (χ4v) is 2.04. The Morgan fingerprint density at radius 2 is 2.00 bits per heavy atom. The minimum absolute atomic E-state index is 0.624. The standard InChI is InChI=1S/C13H13N5O/c1-18-11(8-15-17-18)13(19)10-7-14-16-12(10)9-5-3-2-4-6-9/h2-8,13,19H,1H3,(H,14,16). The van der Waals surface area contributed by atoms with E-state index in [2.05, 4.69) is 20.5 Å². The van der Waals surface area contributed by atoms with Gasteiger partial charge in [-0.3, -0.25) is 5.10 Å². The number of aromatic nitrogens is 5. The first-order chi connectivity index (χ1) is 9.27. The van der Waals surface area contributed by atoms with E-state index in [4.69, 9.17) is 0 Å². The highest BCUT2D eigenvalue weighted by atomic mass is 16.3. The number of aryl methyl sites for hydroxylation is 1. The molecule has 6 heteroatoms. The van der Waals surface area contributed by atoms with Gasteiger partial charge in [0.25, 0.3) is 0 Å². The second-order valence-corrected chi connectivity index (χ2v) is 4.25. The summed E-state index contributed by atoms with van der Waals surface area (Å²) >= 11 is 0. The third kappa shape index (κ3) is 2.02. The summed E-state index contributed by atoms with van der Waals surface area (Å²) in [5.41, 5.74) is 3.11. The Morgan fingerprint density at radius 1 is 1.21 bits per heavy atom. The smallest absolute Gasteiger partial charge is 0.126 e. The average Bonchev–Trinajstić information content (AvgIpc) is 3.07. The van der Waals surface area contributed by atoms with Crippen LogP contribution in [0.15, 0.2) is 42.7 Å². The van der Waals surface area contributed by atoms with Crippen molar-refractivity contribution < 1.29 is 5.11 Å².